The van der Waals surface area contributed by atoms with Gasteiger partial charge in [-0.1, -0.05) is 0 Å². The van der Waals surface area contributed by atoms with Gasteiger partial charge in [-0.2, -0.15) is 9.37 Å². The lowest BCUT2D eigenvalue weighted by Gasteiger charge is -2.00. The van der Waals surface area contributed by atoms with Crippen molar-refractivity contribution in [1.29, 1.82) is 0 Å². The lowest BCUT2D eigenvalue weighted by Crippen LogP contribution is -1.98. The molecule has 0 fully saturated rings. The Labute approximate surface area is 97.0 Å². The van der Waals surface area contributed by atoms with Crippen LogP contribution in [0.3, 0.4) is 0 Å². The molecule has 0 amide bonds. The van der Waals surface area contributed by atoms with E-state index in [1.165, 1.54) is 0 Å². The summed E-state index contributed by atoms with van der Waals surface area (Å²) < 4.78 is 31.6. The predicted molar refractivity (Wildman–Crippen MR) is 53.7 cm³/mol. The van der Waals surface area contributed by atoms with Crippen LogP contribution in [0, 0.1) is 26.6 Å². The van der Waals surface area contributed by atoms with Crippen molar-refractivity contribution in [3.63, 3.8) is 0 Å². The summed E-state index contributed by atoms with van der Waals surface area (Å²) in [5, 5.41) is 12.6. The maximum atomic E-state index is 13.7. The minimum Gasteiger partial charge on any atom is -0.348 e. The molecule has 1 N–H and O–H groups in total. The molecule has 0 unspecified atom stereocenters. The van der Waals surface area contributed by atoms with E-state index in [1.807, 2.05) is 0 Å². The van der Waals surface area contributed by atoms with Gasteiger partial charge in [-0.15, -0.1) is 0 Å². The van der Waals surface area contributed by atoms with E-state index >= 15 is 0 Å². The zero-order valence-electron chi connectivity index (χ0n) is 7.94. The number of nitrogens with zero attached hydrogens (tertiary/aromatic N) is 2. The molecular formula is C8H3F2N3O3S. The minimum absolute atomic E-state index is 0.259. The number of H-pyrrole nitrogens is 1. The Morgan fingerprint density at radius 1 is 1.47 bits per heavy atom. The molecule has 0 radical (unpaired) electrons. The molecular weight excluding hydrogens is 256 g/mol. The third-order valence-corrected chi connectivity index (χ3v) is 2.12. The Balaban J connectivity index is 2.72. The molecule has 6 nitrogen and oxygen atoms in total. The number of nitro benzene ring substituents is 1. The smallest absolute Gasteiger partial charge is 0.314 e. The first-order valence-corrected chi connectivity index (χ1v) is 4.60. The first-order valence-electron chi connectivity index (χ1n) is 4.19. The summed E-state index contributed by atoms with van der Waals surface area (Å²) in [5.41, 5.74) is -1.54. The van der Waals surface area contributed by atoms with Crippen molar-refractivity contribution < 1.29 is 18.2 Å². The van der Waals surface area contributed by atoms with Crippen LogP contribution in [0.4, 0.5) is 14.5 Å². The van der Waals surface area contributed by atoms with Crippen molar-refractivity contribution in [1.82, 2.24) is 10.1 Å². The fourth-order valence-electron chi connectivity index (χ4n) is 1.24. The Kier molecular flexibility index (Phi) is 2.68. The van der Waals surface area contributed by atoms with E-state index < -0.39 is 27.8 Å². The first-order chi connectivity index (χ1) is 8.00. The van der Waals surface area contributed by atoms with Crippen molar-refractivity contribution in [2.24, 2.45) is 0 Å². The fourth-order valence-corrected chi connectivity index (χ4v) is 1.37. The van der Waals surface area contributed by atoms with E-state index in [0.717, 1.165) is 12.1 Å². The van der Waals surface area contributed by atoms with E-state index in [0.29, 0.717) is 0 Å². The number of hydrogen-bond donors (Lipinski definition) is 1. The van der Waals surface area contributed by atoms with Crippen molar-refractivity contribution in [2.45, 2.75) is 0 Å². The lowest BCUT2D eigenvalue weighted by atomic mass is 10.1. The van der Waals surface area contributed by atoms with Gasteiger partial charge in [0.05, 0.1) is 10.5 Å². The van der Waals surface area contributed by atoms with Crippen molar-refractivity contribution >= 4 is 17.9 Å². The highest BCUT2D eigenvalue weighted by Gasteiger charge is 2.24. The number of nitro groups is 1. The summed E-state index contributed by atoms with van der Waals surface area (Å²) in [6.45, 7) is 0. The van der Waals surface area contributed by atoms with E-state index in [-0.39, 0.29) is 10.7 Å². The third kappa shape index (κ3) is 1.91. The monoisotopic (exact) mass is 259 g/mol. The number of benzene rings is 1. The maximum absolute atomic E-state index is 13.7. The standard InChI is InChI=1S/C8H3F2N3O3S/c9-3-1-2-4(13(14)15)6(10)5(3)7-11-8(17)16-12-7/h1-2H,(H,11,12,17). The molecule has 1 aromatic heterocycles. The van der Waals surface area contributed by atoms with Gasteiger partial charge in [-0.25, -0.2) is 9.55 Å². The molecule has 0 spiro atoms. The molecule has 9 heteroatoms. The predicted octanol–water partition coefficient (Wildman–Crippen LogP) is 2.59. The molecule has 0 saturated carbocycles. The second-order valence-electron chi connectivity index (χ2n) is 2.94. The normalized spacial score (nSPS) is 10.5. The van der Waals surface area contributed by atoms with Gasteiger partial charge >= 0.3 is 10.5 Å². The van der Waals surface area contributed by atoms with Gasteiger partial charge in [-0.05, 0) is 18.3 Å². The molecule has 2 aromatic rings. The number of aromatic nitrogens is 2. The highest BCUT2D eigenvalue weighted by molar-refractivity contribution is 7.71. The van der Waals surface area contributed by atoms with Gasteiger partial charge < -0.3 is 4.52 Å². The summed E-state index contributed by atoms with van der Waals surface area (Å²) in [7, 11) is 0. The molecule has 1 heterocycles. The average Bonchev–Trinajstić information content (AvgIpc) is 2.64. The molecule has 0 bridgehead atoms. The lowest BCUT2D eigenvalue weighted by molar-refractivity contribution is -0.387. The summed E-state index contributed by atoms with van der Waals surface area (Å²) in [6, 6.07) is 1.49. The van der Waals surface area contributed by atoms with Gasteiger partial charge in [0.1, 0.15) is 5.82 Å². The molecule has 0 aliphatic carbocycles. The van der Waals surface area contributed by atoms with Crippen LogP contribution in [0.25, 0.3) is 11.4 Å². The minimum atomic E-state index is -1.34. The van der Waals surface area contributed by atoms with Crippen LogP contribution >= 0.6 is 12.2 Å². The van der Waals surface area contributed by atoms with Crippen LogP contribution in [0.2, 0.25) is 0 Å². The summed E-state index contributed by atoms with van der Waals surface area (Å²) in [5.74, 6) is -2.68. The third-order valence-electron chi connectivity index (χ3n) is 1.94. The Morgan fingerprint density at radius 2 is 2.18 bits per heavy atom. The Morgan fingerprint density at radius 3 is 2.71 bits per heavy atom. The number of rotatable bonds is 2. The number of halogens is 2. The highest BCUT2D eigenvalue weighted by atomic mass is 32.1. The van der Waals surface area contributed by atoms with Gasteiger partial charge in [0, 0.05) is 6.07 Å². The first kappa shape index (κ1) is 11.3. The van der Waals surface area contributed by atoms with E-state index in [4.69, 9.17) is 0 Å². The second-order valence-corrected chi connectivity index (χ2v) is 3.29. The molecule has 1 aromatic carbocycles. The van der Waals surface area contributed by atoms with Gasteiger partial charge in [0.15, 0.2) is 5.82 Å². The van der Waals surface area contributed by atoms with Crippen LogP contribution in [0.1, 0.15) is 0 Å². The fraction of sp³-hybridized carbons (Fsp3) is 0. The summed E-state index contributed by atoms with van der Waals surface area (Å²) in [4.78, 5) is 12.8. The van der Waals surface area contributed by atoms with Crippen LogP contribution in [-0.4, -0.2) is 15.1 Å². The zero-order valence-corrected chi connectivity index (χ0v) is 8.75. The molecule has 0 saturated heterocycles. The van der Waals surface area contributed by atoms with E-state index in [1.54, 1.807) is 0 Å². The second kappa shape index (κ2) is 4.01. The van der Waals surface area contributed by atoms with Crippen molar-refractivity contribution in [3.05, 3.63) is 38.7 Å². The highest BCUT2D eigenvalue weighted by Crippen LogP contribution is 2.29. The number of nitrogens with one attached hydrogen (secondary N) is 1. The van der Waals surface area contributed by atoms with Gasteiger partial charge in [0.25, 0.3) is 0 Å². The van der Waals surface area contributed by atoms with Crippen LogP contribution in [-0.2, 0) is 0 Å². The molecule has 0 aliphatic rings. The Hall–Kier alpha value is -2.16. The van der Waals surface area contributed by atoms with Gasteiger partial charge in [-0.3, -0.25) is 10.1 Å². The molecule has 17 heavy (non-hydrogen) atoms. The topological polar surface area (TPSA) is 85.0 Å². The van der Waals surface area contributed by atoms with Crippen molar-refractivity contribution in [2.75, 3.05) is 0 Å². The zero-order chi connectivity index (χ0) is 12.6. The van der Waals surface area contributed by atoms with Gasteiger partial charge in [0.2, 0.25) is 5.82 Å². The molecule has 88 valence electrons. The van der Waals surface area contributed by atoms with E-state index in [9.17, 15) is 18.9 Å². The van der Waals surface area contributed by atoms with Crippen molar-refractivity contribution in [3.8, 4) is 11.4 Å². The number of hydrogen-bond acceptors (Lipinski definition) is 5. The SMILES string of the molecule is O=[N+]([O-])c1ccc(F)c(-c2nc(=S)o[nH]2)c1F. The summed E-state index contributed by atoms with van der Waals surface area (Å²) in [6.07, 6.45) is 0. The van der Waals surface area contributed by atoms with Crippen LogP contribution < -0.4 is 0 Å². The largest absolute Gasteiger partial charge is 0.348 e. The Bertz CT molecular complexity index is 652. The van der Waals surface area contributed by atoms with E-state index in [2.05, 4.69) is 26.9 Å². The maximum Gasteiger partial charge on any atom is 0.314 e. The molecule has 0 atom stereocenters. The van der Waals surface area contributed by atoms with Crippen LogP contribution in [0.5, 0.6) is 0 Å². The molecule has 2 rings (SSSR count). The summed E-state index contributed by atoms with van der Waals surface area (Å²) >= 11 is 4.52. The quantitative estimate of drug-likeness (QED) is 0.509. The van der Waals surface area contributed by atoms with Crippen LogP contribution in [0.15, 0.2) is 16.7 Å². The number of aromatic amines is 1. The molecule has 0 aliphatic heterocycles. The average molecular weight is 259 g/mol.